The molecule has 1 saturated heterocycles. The van der Waals surface area contributed by atoms with Crippen molar-refractivity contribution in [3.05, 3.63) is 35.4 Å². The lowest BCUT2D eigenvalue weighted by Crippen LogP contribution is -2.54. The maximum atomic E-state index is 10.7. The van der Waals surface area contributed by atoms with Crippen LogP contribution in [0.15, 0.2) is 24.3 Å². The van der Waals surface area contributed by atoms with E-state index in [1.807, 2.05) is 0 Å². The van der Waals surface area contributed by atoms with E-state index in [-0.39, 0.29) is 6.10 Å². The van der Waals surface area contributed by atoms with Crippen molar-refractivity contribution in [2.45, 2.75) is 50.3 Å². The van der Waals surface area contributed by atoms with Crippen molar-refractivity contribution in [3.63, 3.8) is 0 Å². The smallest absolute Gasteiger partial charge is 0.0951 e. The van der Waals surface area contributed by atoms with Crippen molar-refractivity contribution in [1.29, 1.82) is 0 Å². The maximum Gasteiger partial charge on any atom is 0.0951 e. The second kappa shape index (κ2) is 5.58. The van der Waals surface area contributed by atoms with Gasteiger partial charge in [0.2, 0.25) is 0 Å². The van der Waals surface area contributed by atoms with E-state index < -0.39 is 0 Å². The van der Waals surface area contributed by atoms with Gasteiger partial charge in [0.05, 0.1) is 6.10 Å². The molecule has 1 heterocycles. The Morgan fingerprint density at radius 3 is 2.26 bits per heavy atom. The van der Waals surface area contributed by atoms with Crippen molar-refractivity contribution in [3.8, 4) is 0 Å². The first-order valence-corrected chi connectivity index (χ1v) is 9.53. The molecule has 1 aromatic carbocycles. The molecule has 3 nitrogen and oxygen atoms in total. The van der Waals surface area contributed by atoms with Gasteiger partial charge in [-0.2, -0.15) is 0 Å². The Kier molecular flexibility index (Phi) is 3.50. The predicted octanol–water partition coefficient (Wildman–Crippen LogP) is 2.45. The summed E-state index contributed by atoms with van der Waals surface area (Å²) in [7, 11) is 0. The van der Waals surface area contributed by atoms with Crippen molar-refractivity contribution >= 4 is 0 Å². The summed E-state index contributed by atoms with van der Waals surface area (Å²) in [6, 6.07) is 9.62. The molecule has 5 unspecified atom stereocenters. The highest BCUT2D eigenvalue weighted by atomic mass is 16.3. The molecule has 5 rings (SSSR count). The van der Waals surface area contributed by atoms with E-state index in [2.05, 4.69) is 34.1 Å². The summed E-state index contributed by atoms with van der Waals surface area (Å²) in [6.45, 7) is 4.66. The number of piperazine rings is 1. The van der Waals surface area contributed by atoms with Crippen molar-refractivity contribution in [2.24, 2.45) is 11.8 Å². The van der Waals surface area contributed by atoms with Gasteiger partial charge in [-0.1, -0.05) is 30.7 Å². The van der Waals surface area contributed by atoms with Crippen LogP contribution in [0.5, 0.6) is 0 Å². The first-order chi connectivity index (χ1) is 11.3. The Hall–Kier alpha value is -0.900. The summed E-state index contributed by atoms with van der Waals surface area (Å²) < 4.78 is 0. The molecule has 5 atom stereocenters. The average molecular weight is 312 g/mol. The van der Waals surface area contributed by atoms with Gasteiger partial charge in [-0.05, 0) is 48.6 Å². The van der Waals surface area contributed by atoms with Crippen LogP contribution in [0.3, 0.4) is 0 Å². The van der Waals surface area contributed by atoms with E-state index in [1.54, 1.807) is 0 Å². The molecule has 2 saturated carbocycles. The fraction of sp³-hybridized carbons (Fsp3) is 0.700. The van der Waals surface area contributed by atoms with Crippen LogP contribution in [0, 0.1) is 11.8 Å². The molecule has 0 amide bonds. The van der Waals surface area contributed by atoms with Crippen LogP contribution in [-0.2, 0) is 6.42 Å². The normalized spacial score (nSPS) is 40.7. The van der Waals surface area contributed by atoms with Gasteiger partial charge in [0.1, 0.15) is 0 Å². The van der Waals surface area contributed by atoms with E-state index in [0.717, 1.165) is 43.0 Å². The number of hydrogen-bond donors (Lipinski definition) is 1. The highest BCUT2D eigenvalue weighted by Gasteiger charge is 2.43. The first-order valence-electron chi connectivity index (χ1n) is 9.53. The Morgan fingerprint density at radius 1 is 0.870 bits per heavy atom. The Bertz CT molecular complexity index is 581. The second-order valence-electron chi connectivity index (χ2n) is 8.23. The summed E-state index contributed by atoms with van der Waals surface area (Å²) in [5, 5.41) is 10.7. The fourth-order valence-corrected chi connectivity index (χ4v) is 5.94. The molecule has 2 bridgehead atoms. The monoisotopic (exact) mass is 312 g/mol. The number of nitrogens with zero attached hydrogens (tertiary/aromatic N) is 2. The van der Waals surface area contributed by atoms with Gasteiger partial charge in [-0.25, -0.2) is 0 Å². The van der Waals surface area contributed by atoms with Gasteiger partial charge in [0, 0.05) is 38.3 Å². The second-order valence-corrected chi connectivity index (χ2v) is 8.23. The molecular formula is C20H28N2O. The third kappa shape index (κ3) is 2.36. The summed E-state index contributed by atoms with van der Waals surface area (Å²) in [5.41, 5.74) is 2.51. The zero-order valence-electron chi connectivity index (χ0n) is 13.9. The number of aliphatic hydroxyl groups is 1. The van der Waals surface area contributed by atoms with E-state index in [4.69, 9.17) is 0 Å². The lowest BCUT2D eigenvalue weighted by atomic mass is 9.93. The molecule has 3 heteroatoms. The fourth-order valence-electron chi connectivity index (χ4n) is 5.94. The van der Waals surface area contributed by atoms with E-state index in [1.165, 1.54) is 44.3 Å². The number of hydrogen-bond acceptors (Lipinski definition) is 3. The zero-order valence-corrected chi connectivity index (χ0v) is 13.9. The minimum atomic E-state index is -0.291. The largest absolute Gasteiger partial charge is 0.387 e. The molecule has 1 aromatic rings. The molecule has 1 N–H and O–H groups in total. The molecule has 1 aliphatic heterocycles. The standard InChI is InChI=1S/C20H28N2O/c23-20-17-4-2-1-3-15(17)13-19(20)22-9-7-21(8-10-22)18-12-14-5-6-16(18)11-14/h1-4,14,16,18-20,23H,5-13H2. The molecule has 124 valence electrons. The van der Waals surface area contributed by atoms with Gasteiger partial charge in [0.15, 0.2) is 0 Å². The van der Waals surface area contributed by atoms with Crippen LogP contribution in [-0.4, -0.2) is 53.2 Å². The van der Waals surface area contributed by atoms with Gasteiger partial charge in [0.25, 0.3) is 0 Å². The number of fused-ring (bicyclic) bond motifs is 3. The quantitative estimate of drug-likeness (QED) is 0.909. The summed E-state index contributed by atoms with van der Waals surface area (Å²) in [6.07, 6.45) is 6.66. The maximum absolute atomic E-state index is 10.7. The number of aliphatic hydroxyl groups excluding tert-OH is 1. The summed E-state index contributed by atoms with van der Waals surface area (Å²) >= 11 is 0. The molecule has 0 aromatic heterocycles. The molecular weight excluding hydrogens is 284 g/mol. The number of rotatable bonds is 2. The molecule has 0 spiro atoms. The van der Waals surface area contributed by atoms with Gasteiger partial charge in [-0.15, -0.1) is 0 Å². The van der Waals surface area contributed by atoms with Crippen LogP contribution in [0.25, 0.3) is 0 Å². The van der Waals surface area contributed by atoms with Crippen LogP contribution >= 0.6 is 0 Å². The minimum Gasteiger partial charge on any atom is -0.387 e. The summed E-state index contributed by atoms with van der Waals surface area (Å²) in [5.74, 6) is 2.03. The minimum absolute atomic E-state index is 0.291. The highest BCUT2D eigenvalue weighted by Crippen LogP contribution is 2.47. The number of benzene rings is 1. The van der Waals surface area contributed by atoms with Crippen molar-refractivity contribution in [2.75, 3.05) is 26.2 Å². The zero-order chi connectivity index (χ0) is 15.4. The molecule has 3 fully saturated rings. The van der Waals surface area contributed by atoms with Gasteiger partial charge in [-0.3, -0.25) is 9.80 Å². The Labute approximate surface area is 139 Å². The predicted molar refractivity (Wildman–Crippen MR) is 91.3 cm³/mol. The van der Waals surface area contributed by atoms with E-state index in [9.17, 15) is 5.11 Å². The Balaban J connectivity index is 1.22. The van der Waals surface area contributed by atoms with Gasteiger partial charge < -0.3 is 5.11 Å². The third-order valence-corrected chi connectivity index (χ3v) is 7.15. The Morgan fingerprint density at radius 2 is 1.61 bits per heavy atom. The highest BCUT2D eigenvalue weighted by molar-refractivity contribution is 5.36. The lowest BCUT2D eigenvalue weighted by molar-refractivity contribution is 0.00890. The molecule has 3 aliphatic carbocycles. The molecule has 4 aliphatic rings. The van der Waals surface area contributed by atoms with E-state index >= 15 is 0 Å². The van der Waals surface area contributed by atoms with Crippen molar-refractivity contribution in [1.82, 2.24) is 9.80 Å². The third-order valence-electron chi connectivity index (χ3n) is 7.15. The first kappa shape index (κ1) is 14.4. The van der Waals surface area contributed by atoms with Crippen LogP contribution < -0.4 is 0 Å². The topological polar surface area (TPSA) is 26.7 Å². The van der Waals surface area contributed by atoms with Crippen molar-refractivity contribution < 1.29 is 5.11 Å². The van der Waals surface area contributed by atoms with Crippen LogP contribution in [0.1, 0.15) is 42.9 Å². The van der Waals surface area contributed by atoms with Crippen LogP contribution in [0.2, 0.25) is 0 Å². The van der Waals surface area contributed by atoms with Gasteiger partial charge >= 0.3 is 0 Å². The van der Waals surface area contributed by atoms with E-state index in [0.29, 0.717) is 6.04 Å². The molecule has 23 heavy (non-hydrogen) atoms. The summed E-state index contributed by atoms with van der Waals surface area (Å²) in [4.78, 5) is 5.32. The lowest BCUT2D eigenvalue weighted by Gasteiger charge is -2.43. The average Bonchev–Trinajstić information content (AvgIpc) is 3.30. The SMILES string of the molecule is OC1c2ccccc2CC1N1CCN(C2CC3CCC2C3)CC1. The van der Waals surface area contributed by atoms with Crippen LogP contribution in [0.4, 0.5) is 0 Å². The molecule has 0 radical (unpaired) electrons.